The minimum Gasteiger partial charge on any atom is -0.300 e. The first-order chi connectivity index (χ1) is 6.58. The lowest BCUT2D eigenvalue weighted by Gasteiger charge is -2.18. The lowest BCUT2D eigenvalue weighted by Crippen LogP contribution is -2.23. The van der Waals surface area contributed by atoms with Gasteiger partial charge in [-0.2, -0.15) is 0 Å². The average Bonchev–Trinajstić information content (AvgIpc) is 2.07. The highest BCUT2D eigenvalue weighted by Crippen LogP contribution is 2.08. The van der Waals surface area contributed by atoms with Crippen molar-refractivity contribution >= 4 is 11.6 Å². The maximum atomic E-state index is 5.76. The molecule has 0 aliphatic heterocycles. The number of halogens is 1. The molecule has 0 spiro atoms. The van der Waals surface area contributed by atoms with E-state index in [9.17, 15) is 0 Å². The summed E-state index contributed by atoms with van der Waals surface area (Å²) < 4.78 is 0. The second-order valence-corrected chi connectivity index (χ2v) is 4.49. The summed E-state index contributed by atoms with van der Waals surface area (Å²) >= 11 is 5.76. The molecule has 0 saturated carbocycles. The fourth-order valence-corrected chi connectivity index (χ4v) is 1.58. The molecular formula is C11H17ClN2. The Morgan fingerprint density at radius 1 is 1.43 bits per heavy atom. The van der Waals surface area contributed by atoms with Crippen molar-refractivity contribution in [1.29, 1.82) is 0 Å². The first kappa shape index (κ1) is 11.5. The highest BCUT2D eigenvalue weighted by Gasteiger charge is 2.03. The molecule has 2 nitrogen and oxygen atoms in total. The quantitative estimate of drug-likeness (QED) is 0.763. The number of rotatable bonds is 4. The number of hydrogen-bond donors (Lipinski definition) is 0. The average molecular weight is 213 g/mol. The van der Waals surface area contributed by atoms with Crippen molar-refractivity contribution in [3.05, 3.63) is 29.0 Å². The van der Waals surface area contributed by atoms with Gasteiger partial charge in [0.05, 0.1) is 10.7 Å². The van der Waals surface area contributed by atoms with Gasteiger partial charge in [0.25, 0.3) is 0 Å². The summed E-state index contributed by atoms with van der Waals surface area (Å²) in [6.45, 7) is 6.40. The molecule has 0 amide bonds. The third-order valence-corrected chi connectivity index (χ3v) is 2.12. The van der Waals surface area contributed by atoms with Gasteiger partial charge in [0.2, 0.25) is 0 Å². The van der Waals surface area contributed by atoms with E-state index in [1.54, 1.807) is 6.20 Å². The van der Waals surface area contributed by atoms with Gasteiger partial charge < -0.3 is 4.90 Å². The van der Waals surface area contributed by atoms with Crippen LogP contribution in [0.3, 0.4) is 0 Å². The third-order valence-electron chi connectivity index (χ3n) is 1.90. The van der Waals surface area contributed by atoms with E-state index in [1.807, 2.05) is 12.1 Å². The van der Waals surface area contributed by atoms with E-state index in [-0.39, 0.29) is 0 Å². The van der Waals surface area contributed by atoms with Crippen molar-refractivity contribution in [3.63, 3.8) is 0 Å². The maximum absolute atomic E-state index is 5.76. The molecule has 0 fully saturated rings. The Kier molecular flexibility index (Phi) is 4.36. The zero-order valence-electron chi connectivity index (χ0n) is 9.00. The summed E-state index contributed by atoms with van der Waals surface area (Å²) in [5, 5.41) is 0.695. The fraction of sp³-hybridized carbons (Fsp3) is 0.545. The Labute approximate surface area is 90.9 Å². The van der Waals surface area contributed by atoms with Crippen LogP contribution in [0.5, 0.6) is 0 Å². The minimum atomic E-state index is 0.687. The van der Waals surface area contributed by atoms with Crippen molar-refractivity contribution in [2.24, 2.45) is 5.92 Å². The molecule has 0 radical (unpaired) electrons. The van der Waals surface area contributed by atoms with Crippen LogP contribution < -0.4 is 0 Å². The molecule has 0 saturated heterocycles. The van der Waals surface area contributed by atoms with Crippen LogP contribution >= 0.6 is 11.6 Å². The molecule has 0 aliphatic rings. The monoisotopic (exact) mass is 212 g/mol. The van der Waals surface area contributed by atoms with Crippen LogP contribution in [0.15, 0.2) is 18.3 Å². The summed E-state index contributed by atoms with van der Waals surface area (Å²) in [6, 6.07) is 3.85. The van der Waals surface area contributed by atoms with E-state index in [0.29, 0.717) is 10.9 Å². The summed E-state index contributed by atoms with van der Waals surface area (Å²) in [5.41, 5.74) is 1.07. The van der Waals surface area contributed by atoms with Gasteiger partial charge >= 0.3 is 0 Å². The smallest absolute Gasteiger partial charge is 0.0589 e. The van der Waals surface area contributed by atoms with Gasteiger partial charge in [0, 0.05) is 19.3 Å². The Morgan fingerprint density at radius 3 is 2.64 bits per heavy atom. The normalized spacial score (nSPS) is 11.3. The lowest BCUT2D eigenvalue weighted by molar-refractivity contribution is 0.285. The van der Waals surface area contributed by atoms with Gasteiger partial charge in [-0.1, -0.05) is 25.4 Å². The van der Waals surface area contributed by atoms with Gasteiger partial charge in [-0.25, -0.2) is 0 Å². The fourth-order valence-electron chi connectivity index (χ4n) is 1.46. The van der Waals surface area contributed by atoms with Crippen LogP contribution in [-0.2, 0) is 6.54 Å². The van der Waals surface area contributed by atoms with E-state index in [2.05, 4.69) is 30.8 Å². The molecule has 1 aromatic heterocycles. The van der Waals surface area contributed by atoms with Gasteiger partial charge in [-0.3, -0.25) is 4.98 Å². The summed E-state index contributed by atoms with van der Waals surface area (Å²) in [7, 11) is 2.11. The molecule has 0 aliphatic carbocycles. The van der Waals surface area contributed by atoms with Gasteiger partial charge in [-0.15, -0.1) is 0 Å². The number of pyridine rings is 1. The first-order valence-corrected chi connectivity index (χ1v) is 5.24. The highest BCUT2D eigenvalue weighted by atomic mass is 35.5. The van der Waals surface area contributed by atoms with E-state index in [0.717, 1.165) is 18.8 Å². The molecule has 1 heterocycles. The second kappa shape index (κ2) is 5.32. The molecule has 3 heteroatoms. The molecular weight excluding hydrogens is 196 g/mol. The largest absolute Gasteiger partial charge is 0.300 e. The van der Waals surface area contributed by atoms with Crippen LogP contribution in [0.25, 0.3) is 0 Å². The van der Waals surface area contributed by atoms with Crippen molar-refractivity contribution in [1.82, 2.24) is 9.88 Å². The molecule has 78 valence electrons. The van der Waals surface area contributed by atoms with Crippen molar-refractivity contribution in [2.45, 2.75) is 20.4 Å². The van der Waals surface area contributed by atoms with Crippen LogP contribution in [0.2, 0.25) is 5.02 Å². The van der Waals surface area contributed by atoms with Gasteiger partial charge in [0.1, 0.15) is 0 Å². The maximum Gasteiger partial charge on any atom is 0.0589 e. The molecule has 0 N–H and O–H groups in total. The Morgan fingerprint density at radius 2 is 2.14 bits per heavy atom. The molecule has 0 bridgehead atoms. The number of nitrogens with zero attached hydrogens (tertiary/aromatic N) is 2. The molecule has 0 unspecified atom stereocenters. The number of hydrogen-bond acceptors (Lipinski definition) is 2. The van der Waals surface area contributed by atoms with Crippen LogP contribution in [-0.4, -0.2) is 23.5 Å². The third kappa shape index (κ3) is 4.07. The van der Waals surface area contributed by atoms with E-state index >= 15 is 0 Å². The van der Waals surface area contributed by atoms with Crippen molar-refractivity contribution in [2.75, 3.05) is 13.6 Å². The second-order valence-electron chi connectivity index (χ2n) is 4.06. The Bertz CT molecular complexity index is 269. The topological polar surface area (TPSA) is 16.1 Å². The lowest BCUT2D eigenvalue weighted by atomic mass is 10.2. The summed E-state index contributed by atoms with van der Waals surface area (Å²) in [5.74, 6) is 0.687. The highest BCUT2D eigenvalue weighted by molar-refractivity contribution is 6.30. The van der Waals surface area contributed by atoms with Gasteiger partial charge in [0.15, 0.2) is 0 Å². The molecule has 1 aromatic rings. The molecule has 0 aromatic carbocycles. The van der Waals surface area contributed by atoms with E-state index in [1.165, 1.54) is 0 Å². The van der Waals surface area contributed by atoms with Crippen LogP contribution in [0.4, 0.5) is 0 Å². The Hall–Kier alpha value is -0.600. The predicted octanol–water partition coefficient (Wildman–Crippen LogP) is 2.82. The van der Waals surface area contributed by atoms with Crippen LogP contribution in [0, 0.1) is 5.92 Å². The van der Waals surface area contributed by atoms with E-state index < -0.39 is 0 Å². The summed E-state index contributed by atoms with van der Waals surface area (Å²) in [4.78, 5) is 6.52. The van der Waals surface area contributed by atoms with Crippen molar-refractivity contribution < 1.29 is 0 Å². The zero-order chi connectivity index (χ0) is 10.6. The van der Waals surface area contributed by atoms with E-state index in [4.69, 9.17) is 11.6 Å². The summed E-state index contributed by atoms with van der Waals surface area (Å²) in [6.07, 6.45) is 1.69. The minimum absolute atomic E-state index is 0.687. The van der Waals surface area contributed by atoms with Crippen molar-refractivity contribution in [3.8, 4) is 0 Å². The molecule has 0 atom stereocenters. The molecule has 1 rings (SSSR count). The standard InChI is InChI=1S/C11H17ClN2/c1-9(2)7-14(3)8-11-5-4-10(12)6-13-11/h4-6,9H,7-8H2,1-3H3. The first-order valence-electron chi connectivity index (χ1n) is 4.87. The zero-order valence-corrected chi connectivity index (χ0v) is 9.75. The van der Waals surface area contributed by atoms with Gasteiger partial charge in [-0.05, 0) is 25.1 Å². The predicted molar refractivity (Wildman–Crippen MR) is 60.4 cm³/mol. The molecule has 14 heavy (non-hydrogen) atoms. The van der Waals surface area contributed by atoms with Crippen LogP contribution in [0.1, 0.15) is 19.5 Å². The SMILES string of the molecule is CC(C)CN(C)Cc1ccc(Cl)cn1. The Balaban J connectivity index is 2.47. The number of aromatic nitrogens is 1.